The molecule has 1 aromatic carbocycles. The van der Waals surface area contributed by atoms with Gasteiger partial charge >= 0.3 is 12.1 Å². The third kappa shape index (κ3) is 3.95. The van der Waals surface area contributed by atoms with E-state index < -0.39 is 41.4 Å². The quantitative estimate of drug-likeness (QED) is 0.253. The molecule has 1 N–H and O–H groups in total. The van der Waals surface area contributed by atoms with Crippen LogP contribution in [0.5, 0.6) is 0 Å². The number of aliphatic hydroxyl groups is 1. The van der Waals surface area contributed by atoms with Gasteiger partial charge in [-0.3, -0.25) is 4.79 Å². The summed E-state index contributed by atoms with van der Waals surface area (Å²) in [4.78, 5) is 17.2. The second kappa shape index (κ2) is 9.28. The van der Waals surface area contributed by atoms with Gasteiger partial charge in [-0.05, 0) is 85.6 Å². The van der Waals surface area contributed by atoms with E-state index in [-0.39, 0.29) is 24.5 Å². The molecule has 0 bridgehead atoms. The van der Waals surface area contributed by atoms with Gasteiger partial charge in [-0.15, -0.1) is 0 Å². The first-order valence-electron chi connectivity index (χ1n) is 13.2. The number of alkyl halides is 5. The molecule has 2 fully saturated rings. The molecular weight excluding hydrogens is 505 g/mol. The highest BCUT2D eigenvalue weighted by molar-refractivity contribution is 5.93. The molecule has 5 rings (SSSR count). The van der Waals surface area contributed by atoms with Crippen LogP contribution in [0.15, 0.2) is 52.2 Å². The van der Waals surface area contributed by atoms with Gasteiger partial charge < -0.3 is 9.94 Å². The predicted molar refractivity (Wildman–Crippen MR) is 132 cm³/mol. The third-order valence-corrected chi connectivity index (χ3v) is 9.51. The number of rotatable bonds is 5. The lowest BCUT2D eigenvalue weighted by atomic mass is 9.50. The molecule has 0 aliphatic heterocycles. The largest absolute Gasteiger partial charge is 0.456 e. The molecule has 0 amide bonds. The second-order valence-corrected chi connectivity index (χ2v) is 11.3. The maximum atomic E-state index is 15.0. The fourth-order valence-electron chi connectivity index (χ4n) is 7.70. The van der Waals surface area contributed by atoms with E-state index in [0.29, 0.717) is 32.3 Å². The van der Waals surface area contributed by atoms with Crippen molar-refractivity contribution in [3.63, 3.8) is 0 Å². The molecular formula is C29H32F5NO3. The van der Waals surface area contributed by atoms with Crippen LogP contribution in [0, 0.1) is 17.3 Å². The molecule has 5 atom stereocenters. The minimum absolute atomic E-state index is 0.0389. The van der Waals surface area contributed by atoms with Crippen molar-refractivity contribution in [1.29, 1.82) is 0 Å². The number of hydrogen-bond donors (Lipinski definition) is 1. The summed E-state index contributed by atoms with van der Waals surface area (Å²) in [5.74, 6) is -6.40. The first-order chi connectivity index (χ1) is 17.8. The number of ketones is 1. The molecule has 2 saturated carbocycles. The van der Waals surface area contributed by atoms with Crippen molar-refractivity contribution in [1.82, 2.24) is 0 Å². The number of oxime groups is 1. The van der Waals surface area contributed by atoms with Crippen LogP contribution in [-0.2, 0) is 9.63 Å². The number of halogens is 5. The topological polar surface area (TPSA) is 58.9 Å². The summed E-state index contributed by atoms with van der Waals surface area (Å²) in [6.45, 7) is 3.65. The van der Waals surface area contributed by atoms with Crippen molar-refractivity contribution in [2.75, 3.05) is 6.61 Å². The first-order valence-corrected chi connectivity index (χ1v) is 13.2. The molecule has 38 heavy (non-hydrogen) atoms. The van der Waals surface area contributed by atoms with Crippen LogP contribution < -0.4 is 0 Å². The molecule has 0 radical (unpaired) electrons. The number of benzene rings is 1. The van der Waals surface area contributed by atoms with Gasteiger partial charge in [0.25, 0.3) is 0 Å². The van der Waals surface area contributed by atoms with Crippen LogP contribution >= 0.6 is 0 Å². The molecule has 4 aliphatic rings. The second-order valence-electron chi connectivity index (χ2n) is 11.3. The normalized spacial score (nSPS) is 33.6. The van der Waals surface area contributed by atoms with Gasteiger partial charge in [0.15, 0.2) is 5.78 Å². The summed E-state index contributed by atoms with van der Waals surface area (Å²) < 4.78 is 71.1. The van der Waals surface area contributed by atoms with Crippen LogP contribution in [0.4, 0.5) is 22.0 Å². The van der Waals surface area contributed by atoms with Gasteiger partial charge in [0.2, 0.25) is 0 Å². The zero-order valence-corrected chi connectivity index (χ0v) is 21.5. The lowest BCUT2D eigenvalue weighted by Crippen LogP contribution is -2.65. The molecule has 9 heteroatoms. The van der Waals surface area contributed by atoms with Crippen LogP contribution in [0.1, 0.15) is 75.8 Å². The molecule has 0 unspecified atom stereocenters. The molecule has 1 aromatic rings. The fraction of sp³-hybridized carbons (Fsp3) is 0.586. The Morgan fingerprint density at radius 2 is 1.82 bits per heavy atom. The molecule has 0 heterocycles. The van der Waals surface area contributed by atoms with Gasteiger partial charge in [-0.2, -0.15) is 22.0 Å². The van der Waals surface area contributed by atoms with Gasteiger partial charge in [0.05, 0.1) is 6.21 Å². The lowest BCUT2D eigenvalue weighted by molar-refractivity contribution is -0.362. The number of carbonyl (C=O) groups is 1. The number of allylic oxidation sites excluding steroid dienone is 4. The van der Waals surface area contributed by atoms with E-state index in [1.54, 1.807) is 19.2 Å². The molecule has 0 spiro atoms. The van der Waals surface area contributed by atoms with Crippen LogP contribution in [0.2, 0.25) is 0 Å². The Morgan fingerprint density at radius 3 is 2.47 bits per heavy atom. The summed E-state index contributed by atoms with van der Waals surface area (Å²) in [6.07, 6.45) is -1.17. The summed E-state index contributed by atoms with van der Waals surface area (Å²) in [6, 6.07) is 7.30. The SMILES string of the molecule is CCON=Cc1ccc([C@H]2C[C@@]3(C)[C@@H](CC[C@@]3(O)C(F)(F)C(F)(F)F)[C@@H]3CCC4=CC(=O)CCC4=C32)cc1. The Bertz CT molecular complexity index is 1200. The van der Waals surface area contributed by atoms with Crippen molar-refractivity contribution >= 4 is 12.0 Å². The van der Waals surface area contributed by atoms with Gasteiger partial charge in [-0.1, -0.05) is 41.9 Å². The highest BCUT2D eigenvalue weighted by Gasteiger charge is 2.79. The Hall–Kier alpha value is -2.55. The summed E-state index contributed by atoms with van der Waals surface area (Å²) in [5.41, 5.74) is -0.277. The maximum absolute atomic E-state index is 15.0. The van der Waals surface area contributed by atoms with Crippen molar-refractivity contribution in [2.45, 2.75) is 82.4 Å². The molecule has 4 nitrogen and oxygen atoms in total. The first kappa shape index (κ1) is 27.0. The Kier molecular flexibility index (Phi) is 6.60. The maximum Gasteiger partial charge on any atom is 0.456 e. The standard InChI is InChI=1S/C29H32F5NO3/c1-3-38-35-16-17-4-6-18(7-5-17)23-15-26(2)24(12-13-27(26,37)28(30,31)29(32,33)34)22-10-8-19-14-20(36)9-11-21(19)25(22)23/h4-7,14,16,22-24,37H,3,8-13,15H2,1-2H3/t22-,23+,24-,26-,27-/m0/s1. The van der Waals surface area contributed by atoms with Crippen molar-refractivity contribution in [2.24, 2.45) is 22.4 Å². The van der Waals surface area contributed by atoms with Crippen molar-refractivity contribution < 1.29 is 36.7 Å². The van der Waals surface area contributed by atoms with E-state index in [0.717, 1.165) is 27.8 Å². The monoisotopic (exact) mass is 537 g/mol. The molecule has 206 valence electrons. The zero-order valence-electron chi connectivity index (χ0n) is 21.5. The van der Waals surface area contributed by atoms with Crippen LogP contribution in [0.3, 0.4) is 0 Å². The minimum Gasteiger partial charge on any atom is -0.396 e. The van der Waals surface area contributed by atoms with E-state index in [1.165, 1.54) is 6.92 Å². The summed E-state index contributed by atoms with van der Waals surface area (Å²) in [7, 11) is 0. The van der Waals surface area contributed by atoms with Gasteiger partial charge in [0, 0.05) is 17.8 Å². The average Bonchev–Trinajstić information content (AvgIpc) is 3.15. The van der Waals surface area contributed by atoms with Crippen LogP contribution in [-0.4, -0.2) is 41.4 Å². The van der Waals surface area contributed by atoms with E-state index in [2.05, 4.69) is 5.16 Å². The predicted octanol–water partition coefficient (Wildman–Crippen LogP) is 6.89. The number of carbonyl (C=O) groups excluding carboxylic acids is 1. The van der Waals surface area contributed by atoms with E-state index in [9.17, 15) is 23.1 Å². The zero-order chi connectivity index (χ0) is 27.5. The lowest BCUT2D eigenvalue weighted by Gasteiger charge is -2.56. The Balaban J connectivity index is 1.63. The van der Waals surface area contributed by atoms with E-state index in [4.69, 9.17) is 4.84 Å². The van der Waals surface area contributed by atoms with E-state index in [1.807, 2.05) is 24.3 Å². The molecule has 4 aliphatic carbocycles. The average molecular weight is 538 g/mol. The van der Waals surface area contributed by atoms with Crippen molar-refractivity contribution in [3.05, 3.63) is 58.2 Å². The minimum atomic E-state index is -5.86. The third-order valence-electron chi connectivity index (χ3n) is 9.51. The summed E-state index contributed by atoms with van der Waals surface area (Å²) in [5, 5.41) is 15.2. The van der Waals surface area contributed by atoms with Crippen LogP contribution in [0.25, 0.3) is 0 Å². The highest BCUT2D eigenvalue weighted by atomic mass is 19.4. The Labute approximate surface area is 218 Å². The van der Waals surface area contributed by atoms with Crippen molar-refractivity contribution in [3.8, 4) is 0 Å². The van der Waals surface area contributed by atoms with Gasteiger partial charge in [0.1, 0.15) is 12.2 Å². The van der Waals surface area contributed by atoms with E-state index >= 15 is 8.78 Å². The smallest absolute Gasteiger partial charge is 0.396 e. The van der Waals surface area contributed by atoms with Gasteiger partial charge in [-0.25, -0.2) is 0 Å². The Morgan fingerprint density at radius 1 is 1.11 bits per heavy atom. The number of nitrogens with zero attached hydrogens (tertiary/aromatic N) is 1. The number of fused-ring (bicyclic) bond motifs is 4. The number of hydrogen-bond acceptors (Lipinski definition) is 4. The fourth-order valence-corrected chi connectivity index (χ4v) is 7.70. The molecule has 0 aromatic heterocycles. The molecule has 0 saturated heterocycles. The summed E-state index contributed by atoms with van der Waals surface area (Å²) >= 11 is 0. The highest BCUT2D eigenvalue weighted by Crippen LogP contribution is 2.70.